The number of halogens is 1. The van der Waals surface area contributed by atoms with Gasteiger partial charge in [-0.05, 0) is 12.1 Å². The van der Waals surface area contributed by atoms with Crippen molar-refractivity contribution < 1.29 is 14.0 Å². The summed E-state index contributed by atoms with van der Waals surface area (Å²) in [6.07, 6.45) is 0. The normalized spacial score (nSPS) is 9.69. The van der Waals surface area contributed by atoms with Crippen molar-refractivity contribution >= 4 is 11.8 Å². The van der Waals surface area contributed by atoms with E-state index in [1.807, 2.05) is 0 Å². The quantitative estimate of drug-likeness (QED) is 0.819. The SMILES string of the molecule is CNC(=O)CN(C)C(=O)c1ccccc1F. The van der Waals surface area contributed by atoms with Gasteiger partial charge in [-0.15, -0.1) is 0 Å². The average Bonchev–Trinajstić information content (AvgIpc) is 2.28. The van der Waals surface area contributed by atoms with Crippen LogP contribution in [0.3, 0.4) is 0 Å². The fourth-order valence-electron chi connectivity index (χ4n) is 1.21. The van der Waals surface area contributed by atoms with E-state index in [-0.39, 0.29) is 18.0 Å². The predicted octanol–water partition coefficient (Wildman–Crippen LogP) is 0.644. The maximum absolute atomic E-state index is 13.3. The molecule has 0 radical (unpaired) electrons. The van der Waals surface area contributed by atoms with E-state index in [0.29, 0.717) is 0 Å². The molecule has 0 unspecified atom stereocenters. The molecule has 0 aromatic heterocycles. The Kier molecular flexibility index (Phi) is 3.99. The summed E-state index contributed by atoms with van der Waals surface area (Å²) >= 11 is 0. The van der Waals surface area contributed by atoms with Gasteiger partial charge in [-0.1, -0.05) is 12.1 Å². The molecule has 0 bridgehead atoms. The van der Waals surface area contributed by atoms with Crippen molar-refractivity contribution in [2.75, 3.05) is 20.6 Å². The van der Waals surface area contributed by atoms with Gasteiger partial charge in [-0.3, -0.25) is 9.59 Å². The molecule has 16 heavy (non-hydrogen) atoms. The zero-order chi connectivity index (χ0) is 12.1. The second-order valence-corrected chi connectivity index (χ2v) is 3.31. The number of carbonyl (C=O) groups excluding carboxylic acids is 2. The molecule has 4 nitrogen and oxygen atoms in total. The van der Waals surface area contributed by atoms with Gasteiger partial charge in [0.25, 0.3) is 5.91 Å². The minimum Gasteiger partial charge on any atom is -0.358 e. The van der Waals surface area contributed by atoms with Gasteiger partial charge in [0.2, 0.25) is 5.91 Å². The van der Waals surface area contributed by atoms with Crippen LogP contribution in [-0.4, -0.2) is 37.4 Å². The molecule has 0 saturated carbocycles. The number of likely N-dealkylation sites (N-methyl/N-ethyl adjacent to an activating group) is 2. The van der Waals surface area contributed by atoms with E-state index in [1.54, 1.807) is 6.07 Å². The second kappa shape index (κ2) is 5.25. The van der Waals surface area contributed by atoms with Crippen LogP contribution in [0.4, 0.5) is 4.39 Å². The molecule has 86 valence electrons. The first-order valence-electron chi connectivity index (χ1n) is 4.77. The summed E-state index contributed by atoms with van der Waals surface area (Å²) in [5.41, 5.74) is -0.0334. The van der Waals surface area contributed by atoms with Gasteiger partial charge in [0.1, 0.15) is 5.82 Å². The van der Waals surface area contributed by atoms with Gasteiger partial charge in [-0.25, -0.2) is 4.39 Å². The van der Waals surface area contributed by atoms with Crippen molar-refractivity contribution in [3.63, 3.8) is 0 Å². The molecule has 1 aromatic rings. The molecule has 1 rings (SSSR count). The molecule has 0 aliphatic carbocycles. The van der Waals surface area contributed by atoms with E-state index in [0.717, 1.165) is 4.90 Å². The van der Waals surface area contributed by atoms with Crippen LogP contribution in [0, 0.1) is 5.82 Å². The third kappa shape index (κ3) is 2.79. The van der Waals surface area contributed by atoms with Gasteiger partial charge >= 0.3 is 0 Å². The standard InChI is InChI=1S/C11H13FN2O2/c1-13-10(15)7-14(2)11(16)8-5-3-4-6-9(8)12/h3-6H,7H2,1-2H3,(H,13,15). The van der Waals surface area contributed by atoms with Crippen LogP contribution in [-0.2, 0) is 4.79 Å². The highest BCUT2D eigenvalue weighted by atomic mass is 19.1. The van der Waals surface area contributed by atoms with Crippen LogP contribution in [0.5, 0.6) is 0 Å². The fourth-order valence-corrected chi connectivity index (χ4v) is 1.21. The highest BCUT2D eigenvalue weighted by molar-refractivity contribution is 5.96. The maximum atomic E-state index is 13.3. The molecular formula is C11H13FN2O2. The van der Waals surface area contributed by atoms with Crippen LogP contribution < -0.4 is 5.32 Å². The summed E-state index contributed by atoms with van der Waals surface area (Å²) in [4.78, 5) is 23.9. The van der Waals surface area contributed by atoms with E-state index >= 15 is 0 Å². The fraction of sp³-hybridized carbons (Fsp3) is 0.273. The summed E-state index contributed by atoms with van der Waals surface area (Å²) in [6.45, 7) is -0.0936. The number of carbonyl (C=O) groups is 2. The second-order valence-electron chi connectivity index (χ2n) is 3.31. The summed E-state index contributed by atoms with van der Waals surface area (Å²) in [5.74, 6) is -1.40. The van der Waals surface area contributed by atoms with Crippen molar-refractivity contribution in [1.29, 1.82) is 0 Å². The van der Waals surface area contributed by atoms with Crippen LogP contribution in [0.25, 0.3) is 0 Å². The number of hydrogen-bond acceptors (Lipinski definition) is 2. The van der Waals surface area contributed by atoms with Gasteiger partial charge in [-0.2, -0.15) is 0 Å². The Labute approximate surface area is 93.1 Å². The highest BCUT2D eigenvalue weighted by Gasteiger charge is 2.17. The average molecular weight is 224 g/mol. The number of nitrogens with one attached hydrogen (secondary N) is 1. The summed E-state index contributed by atoms with van der Waals surface area (Å²) < 4.78 is 13.3. The Balaban J connectivity index is 2.79. The van der Waals surface area contributed by atoms with E-state index in [9.17, 15) is 14.0 Å². The van der Waals surface area contributed by atoms with Crippen molar-refractivity contribution in [3.05, 3.63) is 35.6 Å². The molecule has 0 aliphatic heterocycles. The van der Waals surface area contributed by atoms with Crippen LogP contribution in [0.1, 0.15) is 10.4 Å². The monoisotopic (exact) mass is 224 g/mol. The molecule has 0 fully saturated rings. The molecule has 0 atom stereocenters. The van der Waals surface area contributed by atoms with E-state index in [2.05, 4.69) is 5.32 Å². The lowest BCUT2D eigenvalue weighted by atomic mass is 10.2. The first-order valence-corrected chi connectivity index (χ1v) is 4.77. The highest BCUT2D eigenvalue weighted by Crippen LogP contribution is 2.08. The number of nitrogens with zero attached hydrogens (tertiary/aromatic N) is 1. The zero-order valence-corrected chi connectivity index (χ0v) is 9.16. The number of rotatable bonds is 3. The number of amides is 2. The molecule has 0 aliphatic rings. The first kappa shape index (κ1) is 12.2. The lowest BCUT2D eigenvalue weighted by Crippen LogP contribution is -2.37. The minimum atomic E-state index is -0.587. The largest absolute Gasteiger partial charge is 0.358 e. The summed E-state index contributed by atoms with van der Waals surface area (Å²) in [5, 5.41) is 2.39. The maximum Gasteiger partial charge on any atom is 0.257 e. The summed E-state index contributed by atoms with van der Waals surface area (Å²) in [7, 11) is 2.92. The molecule has 1 aromatic carbocycles. The first-order chi connectivity index (χ1) is 7.56. The third-order valence-corrected chi connectivity index (χ3v) is 2.11. The number of hydrogen-bond donors (Lipinski definition) is 1. The Morgan fingerprint density at radius 3 is 2.56 bits per heavy atom. The van der Waals surface area contributed by atoms with E-state index in [1.165, 1.54) is 32.3 Å². The van der Waals surface area contributed by atoms with Crippen molar-refractivity contribution in [2.24, 2.45) is 0 Å². The van der Waals surface area contributed by atoms with Crippen molar-refractivity contribution in [2.45, 2.75) is 0 Å². The Hall–Kier alpha value is -1.91. The van der Waals surface area contributed by atoms with Crippen LogP contribution >= 0.6 is 0 Å². The van der Waals surface area contributed by atoms with E-state index in [4.69, 9.17) is 0 Å². The van der Waals surface area contributed by atoms with Crippen molar-refractivity contribution in [3.8, 4) is 0 Å². The molecular weight excluding hydrogens is 211 g/mol. The zero-order valence-electron chi connectivity index (χ0n) is 9.16. The third-order valence-electron chi connectivity index (χ3n) is 2.11. The van der Waals surface area contributed by atoms with Crippen LogP contribution in [0.2, 0.25) is 0 Å². The van der Waals surface area contributed by atoms with E-state index < -0.39 is 11.7 Å². The molecule has 0 saturated heterocycles. The van der Waals surface area contributed by atoms with Gasteiger partial charge in [0, 0.05) is 14.1 Å². The Morgan fingerprint density at radius 1 is 1.38 bits per heavy atom. The Bertz CT molecular complexity index is 407. The van der Waals surface area contributed by atoms with Gasteiger partial charge < -0.3 is 10.2 Å². The minimum absolute atomic E-state index is 0.0334. The topological polar surface area (TPSA) is 49.4 Å². The van der Waals surface area contributed by atoms with Gasteiger partial charge in [0.05, 0.1) is 12.1 Å². The smallest absolute Gasteiger partial charge is 0.257 e. The summed E-state index contributed by atoms with van der Waals surface area (Å²) in [6, 6.07) is 5.67. The number of benzene rings is 1. The molecule has 2 amide bonds. The molecule has 1 N–H and O–H groups in total. The molecule has 0 spiro atoms. The Morgan fingerprint density at radius 2 is 2.00 bits per heavy atom. The lowest BCUT2D eigenvalue weighted by molar-refractivity contribution is -0.121. The van der Waals surface area contributed by atoms with Gasteiger partial charge in [0.15, 0.2) is 0 Å². The molecule has 0 heterocycles. The van der Waals surface area contributed by atoms with Crippen molar-refractivity contribution in [1.82, 2.24) is 10.2 Å². The predicted molar refractivity (Wildman–Crippen MR) is 57.4 cm³/mol. The lowest BCUT2D eigenvalue weighted by Gasteiger charge is -2.16. The van der Waals surface area contributed by atoms with Crippen LogP contribution in [0.15, 0.2) is 24.3 Å². The molecule has 5 heteroatoms.